The summed E-state index contributed by atoms with van der Waals surface area (Å²) in [4.78, 5) is 4.47. The maximum absolute atomic E-state index is 13.3. The average molecular weight is 340 g/mol. The first-order chi connectivity index (χ1) is 9.67. The van der Waals surface area contributed by atoms with Gasteiger partial charge in [-0.3, -0.25) is 0 Å². The van der Waals surface area contributed by atoms with Gasteiger partial charge in [-0.2, -0.15) is 0 Å². The van der Waals surface area contributed by atoms with Gasteiger partial charge in [-0.25, -0.2) is 9.37 Å². The van der Waals surface area contributed by atoms with Crippen LogP contribution in [0.15, 0.2) is 35.1 Å². The Hall–Kier alpha value is -1.20. The first kappa shape index (κ1) is 15.2. The molecule has 0 saturated heterocycles. The van der Waals surface area contributed by atoms with Crippen LogP contribution in [0.1, 0.15) is 37.7 Å². The highest BCUT2D eigenvalue weighted by atomic mass is 79.9. The fourth-order valence-corrected chi connectivity index (χ4v) is 2.79. The molecular formula is C15H19BrFN3. The molecule has 108 valence electrons. The molecule has 20 heavy (non-hydrogen) atoms. The Kier molecular flexibility index (Phi) is 5.31. The molecule has 1 aromatic heterocycles. The van der Waals surface area contributed by atoms with Crippen molar-refractivity contribution in [3.8, 4) is 0 Å². The summed E-state index contributed by atoms with van der Waals surface area (Å²) in [7, 11) is 0. The van der Waals surface area contributed by atoms with E-state index >= 15 is 0 Å². The second-order valence-electron chi connectivity index (χ2n) is 4.62. The van der Waals surface area contributed by atoms with Crippen LogP contribution in [0.5, 0.6) is 0 Å². The van der Waals surface area contributed by atoms with Crippen molar-refractivity contribution >= 4 is 15.9 Å². The molecule has 1 N–H and O–H groups in total. The molecule has 1 unspecified atom stereocenters. The van der Waals surface area contributed by atoms with Gasteiger partial charge in [-0.1, -0.05) is 28.9 Å². The number of halogens is 2. The second-order valence-corrected chi connectivity index (χ2v) is 5.48. The summed E-state index contributed by atoms with van der Waals surface area (Å²) in [5.74, 6) is 0.710. The van der Waals surface area contributed by atoms with Crippen LogP contribution < -0.4 is 5.32 Å². The molecule has 0 radical (unpaired) electrons. The number of benzene rings is 1. The van der Waals surface area contributed by atoms with E-state index in [1.165, 1.54) is 12.1 Å². The van der Waals surface area contributed by atoms with Gasteiger partial charge in [0.05, 0.1) is 6.04 Å². The Bertz CT molecular complexity index is 568. The number of nitrogens with zero attached hydrogens (tertiary/aromatic N) is 2. The van der Waals surface area contributed by atoms with Gasteiger partial charge in [0.15, 0.2) is 0 Å². The third kappa shape index (κ3) is 3.27. The Labute approximate surface area is 127 Å². The molecule has 3 nitrogen and oxygen atoms in total. The van der Waals surface area contributed by atoms with Crippen molar-refractivity contribution in [2.24, 2.45) is 0 Å². The van der Waals surface area contributed by atoms with Gasteiger partial charge < -0.3 is 9.88 Å². The highest BCUT2D eigenvalue weighted by Crippen LogP contribution is 2.28. The minimum Gasteiger partial charge on any atom is -0.334 e. The Morgan fingerprint density at radius 3 is 2.85 bits per heavy atom. The summed E-state index contributed by atoms with van der Waals surface area (Å²) >= 11 is 3.45. The van der Waals surface area contributed by atoms with E-state index < -0.39 is 0 Å². The molecule has 0 aliphatic heterocycles. The standard InChI is InChI=1S/C15H19BrFN3/c1-3-7-18-14(15-19-8-9-20(15)4-2)12-6-5-11(17)10-13(12)16/h5-6,8-10,14,18H,3-4,7H2,1-2H3. The second kappa shape index (κ2) is 6.99. The normalized spacial score (nSPS) is 12.6. The number of aromatic nitrogens is 2. The number of imidazole rings is 1. The summed E-state index contributed by atoms with van der Waals surface area (Å²) in [6, 6.07) is 4.75. The molecule has 2 rings (SSSR count). The van der Waals surface area contributed by atoms with E-state index in [1.54, 1.807) is 12.3 Å². The van der Waals surface area contributed by atoms with E-state index in [0.717, 1.165) is 35.4 Å². The quantitative estimate of drug-likeness (QED) is 0.865. The van der Waals surface area contributed by atoms with E-state index in [1.807, 2.05) is 6.20 Å². The minimum atomic E-state index is -0.242. The van der Waals surface area contributed by atoms with Gasteiger partial charge in [-0.15, -0.1) is 0 Å². The first-order valence-corrected chi connectivity index (χ1v) is 7.66. The highest BCUT2D eigenvalue weighted by molar-refractivity contribution is 9.10. The van der Waals surface area contributed by atoms with Gasteiger partial charge in [0, 0.05) is 23.4 Å². The average Bonchev–Trinajstić information content (AvgIpc) is 2.89. The fraction of sp³-hybridized carbons (Fsp3) is 0.400. The summed E-state index contributed by atoms with van der Waals surface area (Å²) < 4.78 is 16.1. The third-order valence-corrected chi connectivity index (χ3v) is 3.91. The number of hydrogen-bond acceptors (Lipinski definition) is 2. The lowest BCUT2D eigenvalue weighted by atomic mass is 10.1. The molecule has 0 amide bonds. The van der Waals surface area contributed by atoms with Crippen LogP contribution in [-0.4, -0.2) is 16.1 Å². The molecule has 0 aliphatic rings. The zero-order valence-electron chi connectivity index (χ0n) is 11.7. The fourth-order valence-electron chi connectivity index (χ4n) is 2.21. The van der Waals surface area contributed by atoms with E-state index in [2.05, 4.69) is 44.6 Å². The van der Waals surface area contributed by atoms with Crippen molar-refractivity contribution in [3.05, 3.63) is 52.3 Å². The minimum absolute atomic E-state index is 0.0418. The Morgan fingerprint density at radius 2 is 2.20 bits per heavy atom. The molecule has 5 heteroatoms. The first-order valence-electron chi connectivity index (χ1n) is 6.86. The maximum atomic E-state index is 13.3. The molecular weight excluding hydrogens is 321 g/mol. The molecule has 1 heterocycles. The Morgan fingerprint density at radius 1 is 1.40 bits per heavy atom. The van der Waals surface area contributed by atoms with Crippen molar-refractivity contribution in [1.82, 2.24) is 14.9 Å². The SMILES string of the molecule is CCCNC(c1ccc(F)cc1Br)c1nccn1CC. The molecule has 2 aromatic rings. The zero-order chi connectivity index (χ0) is 14.5. The molecule has 0 bridgehead atoms. The largest absolute Gasteiger partial charge is 0.334 e. The molecule has 0 saturated carbocycles. The number of nitrogens with one attached hydrogen (secondary N) is 1. The van der Waals surface area contributed by atoms with Crippen LogP contribution in [0.3, 0.4) is 0 Å². The van der Waals surface area contributed by atoms with Crippen LogP contribution in [0.2, 0.25) is 0 Å². The van der Waals surface area contributed by atoms with E-state index in [9.17, 15) is 4.39 Å². The highest BCUT2D eigenvalue weighted by Gasteiger charge is 2.20. The van der Waals surface area contributed by atoms with Gasteiger partial charge in [-0.05, 0) is 37.6 Å². The molecule has 0 aliphatic carbocycles. The van der Waals surface area contributed by atoms with Crippen molar-refractivity contribution in [2.45, 2.75) is 32.9 Å². The summed E-state index contributed by atoms with van der Waals surface area (Å²) in [5.41, 5.74) is 1.00. The molecule has 0 spiro atoms. The van der Waals surface area contributed by atoms with E-state index in [0.29, 0.717) is 0 Å². The zero-order valence-corrected chi connectivity index (χ0v) is 13.3. The van der Waals surface area contributed by atoms with Gasteiger partial charge in [0.2, 0.25) is 0 Å². The van der Waals surface area contributed by atoms with Crippen LogP contribution in [-0.2, 0) is 6.54 Å². The van der Waals surface area contributed by atoms with Crippen LogP contribution in [0, 0.1) is 5.82 Å². The molecule has 0 fully saturated rings. The van der Waals surface area contributed by atoms with Crippen LogP contribution in [0.25, 0.3) is 0 Å². The molecule has 1 atom stereocenters. The number of rotatable bonds is 6. The van der Waals surface area contributed by atoms with E-state index in [4.69, 9.17) is 0 Å². The number of aryl methyl sites for hydroxylation is 1. The predicted octanol–water partition coefficient (Wildman–Crippen LogP) is 3.89. The maximum Gasteiger partial charge on any atom is 0.130 e. The molecule has 1 aromatic carbocycles. The lowest BCUT2D eigenvalue weighted by Crippen LogP contribution is -2.26. The van der Waals surface area contributed by atoms with Crippen LogP contribution >= 0.6 is 15.9 Å². The van der Waals surface area contributed by atoms with Crippen LogP contribution in [0.4, 0.5) is 4.39 Å². The van der Waals surface area contributed by atoms with Gasteiger partial charge >= 0.3 is 0 Å². The third-order valence-electron chi connectivity index (χ3n) is 3.22. The lowest BCUT2D eigenvalue weighted by Gasteiger charge is -2.21. The monoisotopic (exact) mass is 339 g/mol. The summed E-state index contributed by atoms with van der Waals surface area (Å²) in [5, 5.41) is 3.49. The lowest BCUT2D eigenvalue weighted by molar-refractivity contribution is 0.538. The smallest absolute Gasteiger partial charge is 0.130 e. The van der Waals surface area contributed by atoms with Crippen molar-refractivity contribution in [2.75, 3.05) is 6.54 Å². The van der Waals surface area contributed by atoms with Crippen molar-refractivity contribution in [1.29, 1.82) is 0 Å². The van der Waals surface area contributed by atoms with Gasteiger partial charge in [0.25, 0.3) is 0 Å². The van der Waals surface area contributed by atoms with Crippen molar-refractivity contribution in [3.63, 3.8) is 0 Å². The van der Waals surface area contributed by atoms with E-state index in [-0.39, 0.29) is 11.9 Å². The topological polar surface area (TPSA) is 29.9 Å². The Balaban J connectivity index is 2.41. The summed E-state index contributed by atoms with van der Waals surface area (Å²) in [6.07, 6.45) is 4.80. The summed E-state index contributed by atoms with van der Waals surface area (Å²) in [6.45, 7) is 5.95. The van der Waals surface area contributed by atoms with Crippen molar-refractivity contribution < 1.29 is 4.39 Å². The number of hydrogen-bond donors (Lipinski definition) is 1. The predicted molar refractivity (Wildman–Crippen MR) is 82.1 cm³/mol. The van der Waals surface area contributed by atoms with Gasteiger partial charge in [0.1, 0.15) is 11.6 Å².